The summed E-state index contributed by atoms with van der Waals surface area (Å²) in [7, 11) is 0. The van der Waals surface area contributed by atoms with Gasteiger partial charge in [0.15, 0.2) is 0 Å². The minimum Gasteiger partial charge on any atom is -0.380 e. The van der Waals surface area contributed by atoms with Gasteiger partial charge in [-0.25, -0.2) is 4.98 Å². The molecule has 1 heterocycles. The van der Waals surface area contributed by atoms with Crippen LogP contribution < -0.4 is 5.32 Å². The first kappa shape index (κ1) is 12.1. The Kier molecular flexibility index (Phi) is 3.79. The number of hydrogen-bond acceptors (Lipinski definition) is 2. The number of pyridine rings is 1. The average molecular weight is 291 g/mol. The second-order valence-electron chi connectivity index (χ2n) is 4.11. The van der Waals surface area contributed by atoms with Crippen LogP contribution in [0.15, 0.2) is 41.1 Å². The summed E-state index contributed by atoms with van der Waals surface area (Å²) in [4.78, 5) is 4.27. The van der Waals surface area contributed by atoms with Crippen molar-refractivity contribution in [3.63, 3.8) is 0 Å². The summed E-state index contributed by atoms with van der Waals surface area (Å²) in [5, 5.41) is 3.39. The number of rotatable bonds is 3. The molecule has 1 aromatic carbocycles. The molecule has 0 aliphatic carbocycles. The maximum atomic E-state index is 4.27. The van der Waals surface area contributed by atoms with Crippen molar-refractivity contribution in [2.24, 2.45) is 0 Å². The molecule has 0 radical (unpaired) electrons. The third-order valence-corrected chi connectivity index (χ3v) is 3.59. The van der Waals surface area contributed by atoms with Crippen molar-refractivity contribution in [1.82, 2.24) is 4.98 Å². The molecule has 0 spiro atoms. The number of aryl methyl sites for hydroxylation is 2. The molecule has 0 bridgehead atoms. The lowest BCUT2D eigenvalue weighted by Crippen LogP contribution is -2.01. The van der Waals surface area contributed by atoms with Crippen LogP contribution in [0.3, 0.4) is 0 Å². The molecule has 0 aliphatic heterocycles. The van der Waals surface area contributed by atoms with Crippen LogP contribution in [0.5, 0.6) is 0 Å². The topological polar surface area (TPSA) is 24.9 Å². The highest BCUT2D eigenvalue weighted by Crippen LogP contribution is 2.17. The van der Waals surface area contributed by atoms with Crippen LogP contribution in [-0.2, 0) is 6.54 Å². The molecule has 3 heteroatoms. The molecule has 1 aromatic heterocycles. The minimum absolute atomic E-state index is 0.829. The fourth-order valence-electron chi connectivity index (χ4n) is 1.66. The van der Waals surface area contributed by atoms with E-state index in [1.54, 1.807) is 0 Å². The molecule has 2 aromatic rings. The van der Waals surface area contributed by atoms with E-state index in [1.165, 1.54) is 11.1 Å². The fraction of sp³-hybridized carbons (Fsp3) is 0.214. The molecule has 0 aliphatic rings. The lowest BCUT2D eigenvalue weighted by Gasteiger charge is -2.09. The Bertz CT molecular complexity index is 523. The van der Waals surface area contributed by atoms with E-state index in [-0.39, 0.29) is 0 Å². The molecule has 2 nitrogen and oxygen atoms in total. The normalized spacial score (nSPS) is 10.3. The monoisotopic (exact) mass is 290 g/mol. The largest absolute Gasteiger partial charge is 0.380 e. The van der Waals surface area contributed by atoms with E-state index in [2.05, 4.69) is 63.5 Å². The van der Waals surface area contributed by atoms with Crippen LogP contribution in [0.1, 0.15) is 16.7 Å². The first-order chi connectivity index (χ1) is 8.16. The van der Waals surface area contributed by atoms with Crippen LogP contribution >= 0.6 is 15.9 Å². The zero-order chi connectivity index (χ0) is 12.3. The zero-order valence-corrected chi connectivity index (χ0v) is 11.6. The molecule has 0 amide bonds. The molecule has 0 saturated carbocycles. The van der Waals surface area contributed by atoms with E-state index < -0.39 is 0 Å². The van der Waals surface area contributed by atoms with Gasteiger partial charge in [-0.15, -0.1) is 0 Å². The summed E-state index contributed by atoms with van der Waals surface area (Å²) in [6.45, 7) is 4.99. The average Bonchev–Trinajstić information content (AvgIpc) is 2.32. The number of aromatic nitrogens is 1. The third kappa shape index (κ3) is 3.07. The molecule has 1 N–H and O–H groups in total. The number of nitrogens with one attached hydrogen (secondary N) is 1. The molecular weight excluding hydrogens is 276 g/mol. The van der Waals surface area contributed by atoms with Crippen LogP contribution in [0, 0.1) is 13.8 Å². The summed E-state index contributed by atoms with van der Waals surface area (Å²) in [5.74, 6) is 0. The van der Waals surface area contributed by atoms with Gasteiger partial charge in [-0.3, -0.25) is 0 Å². The summed E-state index contributed by atoms with van der Waals surface area (Å²) >= 11 is 3.40. The zero-order valence-electron chi connectivity index (χ0n) is 10.00. The highest BCUT2D eigenvalue weighted by atomic mass is 79.9. The second-order valence-corrected chi connectivity index (χ2v) is 4.86. The highest BCUT2D eigenvalue weighted by Gasteiger charge is 2.00. The lowest BCUT2D eigenvalue weighted by molar-refractivity contribution is 1.10. The Balaban J connectivity index is 2.08. The van der Waals surface area contributed by atoms with E-state index in [9.17, 15) is 0 Å². The summed E-state index contributed by atoms with van der Waals surface area (Å²) in [6, 6.07) is 10.5. The van der Waals surface area contributed by atoms with E-state index in [1.807, 2.05) is 13.1 Å². The van der Waals surface area contributed by atoms with Gasteiger partial charge in [0.05, 0.1) is 11.9 Å². The second kappa shape index (κ2) is 5.32. The van der Waals surface area contributed by atoms with Gasteiger partial charge >= 0.3 is 0 Å². The van der Waals surface area contributed by atoms with E-state index in [0.29, 0.717) is 0 Å². The van der Waals surface area contributed by atoms with Crippen LogP contribution in [0.25, 0.3) is 0 Å². The molecular formula is C14H15BrN2. The van der Waals surface area contributed by atoms with E-state index in [4.69, 9.17) is 0 Å². The van der Waals surface area contributed by atoms with Crippen molar-refractivity contribution < 1.29 is 0 Å². The van der Waals surface area contributed by atoms with Gasteiger partial charge < -0.3 is 5.32 Å². The predicted octanol–water partition coefficient (Wildman–Crippen LogP) is 4.07. The van der Waals surface area contributed by atoms with Gasteiger partial charge in [-0.2, -0.15) is 0 Å². The Morgan fingerprint density at radius 3 is 2.65 bits per heavy atom. The quantitative estimate of drug-likeness (QED) is 0.862. The smallest absolute Gasteiger partial charge is 0.109 e. The standard InChI is InChI=1S/C14H15BrN2/c1-10-5-3-4-6-12(10)8-16-13-7-11(2)14(15)17-9-13/h3-7,9,16H,8H2,1-2H3. The van der Waals surface area contributed by atoms with Crippen molar-refractivity contribution in [3.05, 3.63) is 57.8 Å². The molecule has 17 heavy (non-hydrogen) atoms. The molecule has 0 atom stereocenters. The number of hydrogen-bond donors (Lipinski definition) is 1. The van der Waals surface area contributed by atoms with Crippen molar-refractivity contribution in [3.8, 4) is 0 Å². The molecule has 0 fully saturated rings. The van der Waals surface area contributed by atoms with Crippen LogP contribution in [-0.4, -0.2) is 4.98 Å². The van der Waals surface area contributed by atoms with E-state index >= 15 is 0 Å². The Morgan fingerprint density at radius 1 is 1.18 bits per heavy atom. The van der Waals surface area contributed by atoms with Gasteiger partial charge in [0.25, 0.3) is 0 Å². The van der Waals surface area contributed by atoms with Crippen LogP contribution in [0.2, 0.25) is 0 Å². The number of anilines is 1. The van der Waals surface area contributed by atoms with Gasteiger partial charge in [-0.05, 0) is 52.5 Å². The predicted molar refractivity (Wildman–Crippen MR) is 75.2 cm³/mol. The molecule has 88 valence electrons. The fourth-order valence-corrected chi connectivity index (χ4v) is 1.88. The maximum absolute atomic E-state index is 4.27. The Hall–Kier alpha value is -1.35. The third-order valence-electron chi connectivity index (χ3n) is 2.76. The summed E-state index contributed by atoms with van der Waals surface area (Å²) in [6.07, 6.45) is 1.84. The molecule has 0 unspecified atom stereocenters. The summed E-state index contributed by atoms with van der Waals surface area (Å²) < 4.78 is 0.902. The Labute approximate surface area is 110 Å². The number of halogens is 1. The van der Waals surface area contributed by atoms with Gasteiger partial charge in [-0.1, -0.05) is 24.3 Å². The molecule has 2 rings (SSSR count). The first-order valence-corrected chi connectivity index (χ1v) is 6.36. The van der Waals surface area contributed by atoms with Crippen molar-refractivity contribution >= 4 is 21.6 Å². The van der Waals surface area contributed by atoms with Crippen LogP contribution in [0.4, 0.5) is 5.69 Å². The van der Waals surface area contributed by atoms with E-state index in [0.717, 1.165) is 22.4 Å². The van der Waals surface area contributed by atoms with Crippen molar-refractivity contribution in [1.29, 1.82) is 0 Å². The highest BCUT2D eigenvalue weighted by molar-refractivity contribution is 9.10. The number of nitrogens with zero attached hydrogens (tertiary/aromatic N) is 1. The van der Waals surface area contributed by atoms with Gasteiger partial charge in [0.1, 0.15) is 4.60 Å². The first-order valence-electron chi connectivity index (χ1n) is 5.57. The number of benzene rings is 1. The SMILES string of the molecule is Cc1ccccc1CNc1cnc(Br)c(C)c1. The maximum Gasteiger partial charge on any atom is 0.109 e. The minimum atomic E-state index is 0.829. The van der Waals surface area contributed by atoms with Gasteiger partial charge in [0.2, 0.25) is 0 Å². The van der Waals surface area contributed by atoms with Crippen molar-refractivity contribution in [2.45, 2.75) is 20.4 Å². The van der Waals surface area contributed by atoms with Crippen molar-refractivity contribution in [2.75, 3.05) is 5.32 Å². The Morgan fingerprint density at radius 2 is 1.94 bits per heavy atom. The summed E-state index contributed by atoms with van der Waals surface area (Å²) in [5.41, 5.74) is 4.81. The van der Waals surface area contributed by atoms with Gasteiger partial charge in [0, 0.05) is 6.54 Å². The molecule has 0 saturated heterocycles. The lowest BCUT2D eigenvalue weighted by atomic mass is 10.1.